The van der Waals surface area contributed by atoms with E-state index in [-0.39, 0.29) is 29.4 Å². The average molecular weight is 502 g/mol. The third-order valence-corrected chi connectivity index (χ3v) is 5.11. The third-order valence-electron chi connectivity index (χ3n) is 5.11. The summed E-state index contributed by atoms with van der Waals surface area (Å²) in [6, 6.07) is 16.6. The van der Waals surface area contributed by atoms with Crippen LogP contribution in [0.15, 0.2) is 78.9 Å². The number of carbonyl (C=O) groups is 1. The molecule has 0 aliphatic carbocycles. The molecule has 3 rings (SSSR count). The van der Waals surface area contributed by atoms with Crippen LogP contribution in [0.2, 0.25) is 0 Å². The molecule has 0 fully saturated rings. The lowest BCUT2D eigenvalue weighted by Crippen LogP contribution is -2.13. The number of nitrogens with one attached hydrogen (secondary N) is 1. The Kier molecular flexibility index (Phi) is 9.11. The standard InChI is InChI=1S/C28H24FN3O5/c1-3-6-21-13-20(14-22(17-30)28(33)31-24-7-5-8-25(16-24)32(34)35)15-26(36-4-2)27(21)37-18-19-9-11-23(29)12-10-19/h3,5,7-16H,1,4,6,18H2,2H3,(H,31,33)/b22-14+. The maximum Gasteiger partial charge on any atom is 0.271 e. The first kappa shape index (κ1) is 26.6. The van der Waals surface area contributed by atoms with Crippen molar-refractivity contribution in [3.63, 3.8) is 0 Å². The molecular formula is C28H24FN3O5. The van der Waals surface area contributed by atoms with E-state index < -0.39 is 10.8 Å². The first-order chi connectivity index (χ1) is 17.8. The monoisotopic (exact) mass is 501 g/mol. The Labute approximate surface area is 213 Å². The number of hydrogen-bond donors (Lipinski definition) is 1. The van der Waals surface area contributed by atoms with E-state index >= 15 is 0 Å². The van der Waals surface area contributed by atoms with Crippen LogP contribution in [0.5, 0.6) is 11.5 Å². The van der Waals surface area contributed by atoms with Crippen LogP contribution in [0.1, 0.15) is 23.6 Å². The Morgan fingerprint density at radius 1 is 1.19 bits per heavy atom. The van der Waals surface area contributed by atoms with Gasteiger partial charge in [0.15, 0.2) is 11.5 Å². The van der Waals surface area contributed by atoms with Gasteiger partial charge in [0, 0.05) is 23.4 Å². The number of benzene rings is 3. The van der Waals surface area contributed by atoms with Crippen molar-refractivity contribution in [2.75, 3.05) is 11.9 Å². The summed E-state index contributed by atoms with van der Waals surface area (Å²) in [4.78, 5) is 23.1. The Morgan fingerprint density at radius 2 is 1.95 bits per heavy atom. The SMILES string of the molecule is C=CCc1cc(/C=C(\C#N)C(=O)Nc2cccc([N+](=O)[O-])c2)cc(OCC)c1OCc1ccc(F)cc1. The van der Waals surface area contributed by atoms with Gasteiger partial charge in [0.2, 0.25) is 0 Å². The van der Waals surface area contributed by atoms with Crippen molar-refractivity contribution in [3.8, 4) is 17.6 Å². The molecule has 0 saturated heterocycles. The number of nitrogens with zero attached hydrogens (tertiary/aromatic N) is 2. The zero-order chi connectivity index (χ0) is 26.8. The smallest absolute Gasteiger partial charge is 0.271 e. The number of non-ortho nitro benzene ring substituents is 1. The van der Waals surface area contributed by atoms with E-state index in [1.165, 1.54) is 42.5 Å². The number of rotatable bonds is 11. The minimum Gasteiger partial charge on any atom is -0.490 e. The molecule has 0 aromatic heterocycles. The van der Waals surface area contributed by atoms with Crippen LogP contribution in [0.3, 0.4) is 0 Å². The van der Waals surface area contributed by atoms with Crippen molar-refractivity contribution in [1.29, 1.82) is 5.26 Å². The number of halogens is 1. The maximum absolute atomic E-state index is 13.2. The molecule has 0 saturated carbocycles. The second-order valence-electron chi connectivity index (χ2n) is 7.78. The minimum absolute atomic E-state index is 0.175. The summed E-state index contributed by atoms with van der Waals surface area (Å²) in [5.41, 5.74) is 1.78. The summed E-state index contributed by atoms with van der Waals surface area (Å²) in [6.07, 6.45) is 3.50. The van der Waals surface area contributed by atoms with Crippen LogP contribution in [-0.2, 0) is 17.8 Å². The van der Waals surface area contributed by atoms with E-state index in [1.54, 1.807) is 30.3 Å². The molecule has 0 spiro atoms. The molecule has 9 heteroatoms. The Hall–Kier alpha value is -4.97. The van der Waals surface area contributed by atoms with Crippen molar-refractivity contribution < 1.29 is 23.6 Å². The molecule has 0 aliphatic rings. The second kappa shape index (κ2) is 12.7. The molecule has 0 bridgehead atoms. The fourth-order valence-corrected chi connectivity index (χ4v) is 3.45. The van der Waals surface area contributed by atoms with Crippen molar-refractivity contribution in [3.05, 3.63) is 112 Å². The van der Waals surface area contributed by atoms with Crippen LogP contribution in [0.4, 0.5) is 15.8 Å². The van der Waals surface area contributed by atoms with Gasteiger partial charge >= 0.3 is 0 Å². The molecule has 0 aliphatic heterocycles. The van der Waals surface area contributed by atoms with Gasteiger partial charge in [0.05, 0.1) is 11.5 Å². The molecular weight excluding hydrogens is 477 g/mol. The van der Waals surface area contributed by atoms with E-state index in [4.69, 9.17) is 9.47 Å². The number of allylic oxidation sites excluding steroid dienone is 1. The third kappa shape index (κ3) is 7.26. The molecule has 3 aromatic carbocycles. The molecule has 0 heterocycles. The van der Waals surface area contributed by atoms with Gasteiger partial charge in [-0.05, 0) is 60.9 Å². The van der Waals surface area contributed by atoms with Crippen molar-refractivity contribution in [1.82, 2.24) is 0 Å². The molecule has 8 nitrogen and oxygen atoms in total. The van der Waals surface area contributed by atoms with Gasteiger partial charge in [-0.25, -0.2) is 4.39 Å². The van der Waals surface area contributed by atoms with Gasteiger partial charge in [0.25, 0.3) is 11.6 Å². The number of hydrogen-bond acceptors (Lipinski definition) is 6. The first-order valence-electron chi connectivity index (χ1n) is 11.3. The van der Waals surface area contributed by atoms with Crippen LogP contribution >= 0.6 is 0 Å². The van der Waals surface area contributed by atoms with Crippen molar-refractivity contribution in [2.24, 2.45) is 0 Å². The van der Waals surface area contributed by atoms with E-state index in [0.717, 1.165) is 5.56 Å². The van der Waals surface area contributed by atoms with Crippen LogP contribution < -0.4 is 14.8 Å². The molecule has 0 unspecified atom stereocenters. The molecule has 1 amide bonds. The highest BCUT2D eigenvalue weighted by molar-refractivity contribution is 6.09. The van der Waals surface area contributed by atoms with Gasteiger partial charge < -0.3 is 14.8 Å². The van der Waals surface area contributed by atoms with Gasteiger partial charge in [0.1, 0.15) is 24.1 Å². The topological polar surface area (TPSA) is 114 Å². The largest absolute Gasteiger partial charge is 0.490 e. The Morgan fingerprint density at radius 3 is 2.59 bits per heavy atom. The summed E-state index contributed by atoms with van der Waals surface area (Å²) in [6.45, 7) is 6.11. The number of nitro groups is 1. The van der Waals surface area contributed by atoms with Gasteiger partial charge in [-0.1, -0.05) is 24.3 Å². The van der Waals surface area contributed by atoms with Gasteiger partial charge in [-0.2, -0.15) is 5.26 Å². The highest BCUT2D eigenvalue weighted by Crippen LogP contribution is 2.35. The summed E-state index contributed by atoms with van der Waals surface area (Å²) in [5, 5.41) is 23.1. The van der Waals surface area contributed by atoms with Gasteiger partial charge in [-0.15, -0.1) is 6.58 Å². The molecule has 3 aromatic rings. The first-order valence-corrected chi connectivity index (χ1v) is 11.3. The zero-order valence-corrected chi connectivity index (χ0v) is 20.1. The maximum atomic E-state index is 13.2. The number of carbonyl (C=O) groups excluding carboxylic acids is 1. The summed E-state index contributed by atoms with van der Waals surface area (Å²) >= 11 is 0. The zero-order valence-electron chi connectivity index (χ0n) is 20.1. The fraction of sp³-hybridized carbons (Fsp3) is 0.143. The van der Waals surface area contributed by atoms with Crippen molar-refractivity contribution >= 4 is 23.4 Å². The average Bonchev–Trinajstić information content (AvgIpc) is 2.88. The summed E-state index contributed by atoms with van der Waals surface area (Å²) in [5.74, 6) is -0.178. The lowest BCUT2D eigenvalue weighted by molar-refractivity contribution is -0.384. The lowest BCUT2D eigenvalue weighted by Gasteiger charge is -2.17. The predicted molar refractivity (Wildman–Crippen MR) is 138 cm³/mol. The minimum atomic E-state index is -0.720. The highest BCUT2D eigenvalue weighted by atomic mass is 19.1. The summed E-state index contributed by atoms with van der Waals surface area (Å²) < 4.78 is 25.0. The van der Waals surface area contributed by atoms with Crippen molar-refractivity contribution in [2.45, 2.75) is 20.0 Å². The molecule has 0 atom stereocenters. The van der Waals surface area contributed by atoms with Crippen LogP contribution in [0, 0.1) is 27.3 Å². The number of nitro benzene ring substituents is 1. The van der Waals surface area contributed by atoms with Gasteiger partial charge in [-0.3, -0.25) is 14.9 Å². The van der Waals surface area contributed by atoms with Crippen LogP contribution in [0.25, 0.3) is 6.08 Å². The number of anilines is 1. The normalized spacial score (nSPS) is 10.8. The molecule has 188 valence electrons. The van der Waals surface area contributed by atoms with E-state index in [0.29, 0.717) is 35.7 Å². The fourth-order valence-electron chi connectivity index (χ4n) is 3.45. The van der Waals surface area contributed by atoms with E-state index in [9.17, 15) is 24.6 Å². The van der Waals surface area contributed by atoms with Crippen LogP contribution in [-0.4, -0.2) is 17.4 Å². The molecule has 1 N–H and O–H groups in total. The highest BCUT2D eigenvalue weighted by Gasteiger charge is 2.16. The molecule has 0 radical (unpaired) electrons. The number of amides is 1. The summed E-state index contributed by atoms with van der Waals surface area (Å²) in [7, 11) is 0. The van der Waals surface area contributed by atoms with E-state index in [1.807, 2.05) is 13.0 Å². The lowest BCUT2D eigenvalue weighted by atomic mass is 10.0. The number of nitriles is 1. The second-order valence-corrected chi connectivity index (χ2v) is 7.78. The van der Waals surface area contributed by atoms with E-state index in [2.05, 4.69) is 11.9 Å². The Bertz CT molecular complexity index is 1380. The predicted octanol–water partition coefficient (Wildman–Crippen LogP) is 5.99. The Balaban J connectivity index is 1.92. The number of ether oxygens (including phenoxy) is 2. The molecule has 37 heavy (non-hydrogen) atoms. The quantitative estimate of drug-likeness (QED) is 0.114.